The molecule has 0 saturated heterocycles. The summed E-state index contributed by atoms with van der Waals surface area (Å²) in [5.74, 6) is 0. The zero-order chi connectivity index (χ0) is 12.4. The Labute approximate surface area is 122 Å². The molecule has 1 aromatic carbocycles. The van der Waals surface area contributed by atoms with E-state index in [2.05, 4.69) is 15.9 Å². The predicted molar refractivity (Wildman–Crippen MR) is 77.1 cm³/mol. The van der Waals surface area contributed by atoms with E-state index in [0.717, 1.165) is 14.9 Å². The van der Waals surface area contributed by atoms with Crippen LogP contribution in [-0.2, 0) is 6.42 Å². The van der Waals surface area contributed by atoms with Crippen LogP contribution in [0, 0.1) is 0 Å². The summed E-state index contributed by atoms with van der Waals surface area (Å²) in [6, 6.07) is 9.27. The van der Waals surface area contributed by atoms with E-state index in [1.165, 1.54) is 11.3 Å². The molecule has 0 fully saturated rings. The lowest BCUT2D eigenvalue weighted by molar-refractivity contribution is 0.182. The average Bonchev–Trinajstić information content (AvgIpc) is 2.69. The van der Waals surface area contributed by atoms with E-state index in [0.29, 0.717) is 15.8 Å². The number of rotatable bonds is 3. The lowest BCUT2D eigenvalue weighted by Crippen LogP contribution is -2.00. The van der Waals surface area contributed by atoms with E-state index in [1.54, 1.807) is 6.07 Å². The molecule has 5 heteroatoms. The Bertz CT molecular complexity index is 527. The van der Waals surface area contributed by atoms with Crippen LogP contribution in [0.1, 0.15) is 16.5 Å². The fraction of sp³-hybridized carbons (Fsp3) is 0.167. The molecule has 0 aliphatic rings. The highest BCUT2D eigenvalue weighted by atomic mass is 79.9. The van der Waals surface area contributed by atoms with Gasteiger partial charge in [0.15, 0.2) is 0 Å². The number of hydrogen-bond donors (Lipinski definition) is 1. The lowest BCUT2D eigenvalue weighted by Gasteiger charge is -2.10. The highest BCUT2D eigenvalue weighted by molar-refractivity contribution is 9.10. The number of halogens is 3. The van der Waals surface area contributed by atoms with Gasteiger partial charge >= 0.3 is 0 Å². The molecule has 1 heterocycles. The van der Waals surface area contributed by atoms with E-state index >= 15 is 0 Å². The van der Waals surface area contributed by atoms with E-state index in [9.17, 15) is 5.11 Å². The van der Waals surface area contributed by atoms with Crippen LogP contribution in [0.5, 0.6) is 0 Å². The van der Waals surface area contributed by atoms with Crippen LogP contribution >= 0.6 is 50.5 Å². The quantitative estimate of drug-likeness (QED) is 0.816. The van der Waals surface area contributed by atoms with Crippen molar-refractivity contribution >= 4 is 50.5 Å². The van der Waals surface area contributed by atoms with Gasteiger partial charge in [-0.05, 0) is 29.8 Å². The summed E-state index contributed by atoms with van der Waals surface area (Å²) in [5, 5.41) is 10.7. The van der Waals surface area contributed by atoms with Gasteiger partial charge in [0.2, 0.25) is 0 Å². The van der Waals surface area contributed by atoms with Crippen molar-refractivity contribution in [2.45, 2.75) is 12.5 Å². The molecule has 1 N–H and O–H groups in total. The van der Waals surface area contributed by atoms with Crippen molar-refractivity contribution in [1.29, 1.82) is 0 Å². The van der Waals surface area contributed by atoms with Gasteiger partial charge in [-0.3, -0.25) is 0 Å². The minimum Gasteiger partial charge on any atom is -0.387 e. The van der Waals surface area contributed by atoms with Crippen molar-refractivity contribution in [1.82, 2.24) is 0 Å². The molecule has 0 spiro atoms. The monoisotopic (exact) mass is 350 g/mol. The van der Waals surface area contributed by atoms with Gasteiger partial charge in [0, 0.05) is 20.8 Å². The molecule has 0 aliphatic heterocycles. The van der Waals surface area contributed by atoms with Gasteiger partial charge in [-0.25, -0.2) is 0 Å². The molecule has 1 atom stereocenters. The first-order chi connectivity index (χ1) is 8.06. The second-order valence-electron chi connectivity index (χ2n) is 3.60. The van der Waals surface area contributed by atoms with E-state index in [-0.39, 0.29) is 0 Å². The van der Waals surface area contributed by atoms with Gasteiger partial charge in [0.1, 0.15) is 0 Å². The van der Waals surface area contributed by atoms with Gasteiger partial charge in [0.05, 0.1) is 10.4 Å². The van der Waals surface area contributed by atoms with Crippen LogP contribution in [0.2, 0.25) is 9.36 Å². The summed E-state index contributed by atoms with van der Waals surface area (Å²) in [6.07, 6.45) is -0.0747. The normalized spacial score (nSPS) is 12.7. The lowest BCUT2D eigenvalue weighted by atomic mass is 10.1. The SMILES string of the molecule is OC(Cc1ccc(Br)cc1Cl)c1ccc(Cl)s1. The molecule has 0 saturated carbocycles. The molecule has 2 rings (SSSR count). The Balaban J connectivity index is 2.15. The van der Waals surface area contributed by atoms with Crippen LogP contribution in [0.25, 0.3) is 0 Å². The highest BCUT2D eigenvalue weighted by Gasteiger charge is 2.13. The molecular weight excluding hydrogens is 343 g/mol. The van der Waals surface area contributed by atoms with Gasteiger partial charge in [0.25, 0.3) is 0 Å². The zero-order valence-corrected chi connectivity index (χ0v) is 12.6. The van der Waals surface area contributed by atoms with Gasteiger partial charge in [-0.2, -0.15) is 0 Å². The summed E-state index contributed by atoms with van der Waals surface area (Å²) < 4.78 is 1.61. The second kappa shape index (κ2) is 5.72. The van der Waals surface area contributed by atoms with Gasteiger partial charge in [-0.15, -0.1) is 11.3 Å². The molecule has 2 aromatic rings. The maximum Gasteiger partial charge on any atom is 0.0932 e. The van der Waals surface area contributed by atoms with Gasteiger partial charge in [-0.1, -0.05) is 45.2 Å². The molecule has 0 aliphatic carbocycles. The maximum atomic E-state index is 10.1. The fourth-order valence-electron chi connectivity index (χ4n) is 1.50. The topological polar surface area (TPSA) is 20.2 Å². The Morgan fingerprint density at radius 3 is 2.59 bits per heavy atom. The first-order valence-corrected chi connectivity index (χ1v) is 7.30. The third-order valence-electron chi connectivity index (χ3n) is 2.35. The molecular formula is C12H9BrCl2OS. The smallest absolute Gasteiger partial charge is 0.0932 e. The van der Waals surface area contributed by atoms with E-state index < -0.39 is 6.10 Å². The first-order valence-electron chi connectivity index (χ1n) is 4.93. The van der Waals surface area contributed by atoms with Crippen LogP contribution in [0.4, 0.5) is 0 Å². The van der Waals surface area contributed by atoms with Gasteiger partial charge < -0.3 is 5.11 Å². The summed E-state index contributed by atoms with van der Waals surface area (Å²) in [4.78, 5) is 0.856. The number of benzene rings is 1. The van der Waals surface area contributed by atoms with Crippen molar-refractivity contribution in [2.24, 2.45) is 0 Å². The maximum absolute atomic E-state index is 10.1. The molecule has 90 valence electrons. The Kier molecular flexibility index (Phi) is 4.50. The summed E-state index contributed by atoms with van der Waals surface area (Å²) in [6.45, 7) is 0. The molecule has 1 aromatic heterocycles. The van der Waals surface area contributed by atoms with Crippen LogP contribution in [-0.4, -0.2) is 5.11 Å². The van der Waals surface area contributed by atoms with Crippen molar-refractivity contribution in [3.8, 4) is 0 Å². The van der Waals surface area contributed by atoms with Crippen LogP contribution in [0.15, 0.2) is 34.8 Å². The Hall–Kier alpha value is -0.0600. The molecule has 0 radical (unpaired) electrons. The fourth-order valence-corrected chi connectivity index (χ4v) is 3.30. The Morgan fingerprint density at radius 2 is 2.00 bits per heavy atom. The number of thiophene rings is 1. The highest BCUT2D eigenvalue weighted by Crippen LogP contribution is 2.31. The van der Waals surface area contributed by atoms with Crippen molar-refractivity contribution in [2.75, 3.05) is 0 Å². The largest absolute Gasteiger partial charge is 0.387 e. The number of hydrogen-bond acceptors (Lipinski definition) is 2. The third kappa shape index (κ3) is 3.46. The molecule has 17 heavy (non-hydrogen) atoms. The predicted octanol–water partition coefficient (Wildman–Crippen LogP) is 5.09. The summed E-state index contributed by atoms with van der Waals surface area (Å²) in [5.41, 5.74) is 0.923. The van der Waals surface area contributed by atoms with Crippen molar-refractivity contribution < 1.29 is 5.11 Å². The average molecular weight is 352 g/mol. The van der Waals surface area contributed by atoms with Crippen LogP contribution < -0.4 is 0 Å². The molecule has 0 bridgehead atoms. The molecule has 1 unspecified atom stereocenters. The third-order valence-corrected chi connectivity index (χ3v) is 4.53. The summed E-state index contributed by atoms with van der Waals surface area (Å²) >= 11 is 16.7. The number of aliphatic hydroxyl groups excluding tert-OH is 1. The standard InChI is InChI=1S/C12H9BrCl2OS/c13-8-2-1-7(9(14)6-8)5-10(16)11-3-4-12(15)17-11/h1-4,6,10,16H,5H2. The first kappa shape index (κ1) is 13.4. The zero-order valence-electron chi connectivity index (χ0n) is 8.66. The minimum atomic E-state index is -0.564. The minimum absolute atomic E-state index is 0.489. The van der Waals surface area contributed by atoms with Crippen molar-refractivity contribution in [3.05, 3.63) is 54.6 Å². The summed E-state index contributed by atoms with van der Waals surface area (Å²) in [7, 11) is 0. The van der Waals surface area contributed by atoms with Crippen molar-refractivity contribution in [3.63, 3.8) is 0 Å². The number of aliphatic hydroxyl groups is 1. The Morgan fingerprint density at radius 1 is 1.24 bits per heavy atom. The second-order valence-corrected chi connectivity index (χ2v) is 6.67. The molecule has 0 amide bonds. The van der Waals surface area contributed by atoms with E-state index in [1.807, 2.05) is 24.3 Å². The van der Waals surface area contributed by atoms with E-state index in [4.69, 9.17) is 23.2 Å². The molecule has 1 nitrogen and oxygen atoms in total. The van der Waals surface area contributed by atoms with Crippen LogP contribution in [0.3, 0.4) is 0 Å².